The minimum atomic E-state index is -0.508. The van der Waals surface area contributed by atoms with Crippen LogP contribution >= 0.6 is 46.9 Å². The monoisotopic (exact) mass is 590 g/mol. The van der Waals surface area contributed by atoms with Crippen LogP contribution in [0, 0.1) is 9.77 Å². The van der Waals surface area contributed by atoms with Crippen LogP contribution in [0.1, 0.15) is 32.7 Å². The molecule has 0 aliphatic carbocycles. The van der Waals surface area contributed by atoms with Gasteiger partial charge in [0.05, 0.1) is 22.8 Å². The zero-order valence-electron chi connectivity index (χ0n) is 20.6. The molecule has 1 N–H and O–H groups in total. The summed E-state index contributed by atoms with van der Waals surface area (Å²) in [5, 5.41) is 8.49. The summed E-state index contributed by atoms with van der Waals surface area (Å²) in [5.41, 5.74) is 1.81. The molecule has 0 spiro atoms. The zero-order chi connectivity index (χ0) is 26.8. The SMILES string of the molecule is CCCSc1nn(C2CCN(c3cc4c(Nc5ccc(F)c(Cl)c5)ncnc4cc3OCC)C2=O)c(=S)s1. The minimum Gasteiger partial charge on any atom is -0.492 e. The number of fused-ring (bicyclic) bond motifs is 1. The van der Waals surface area contributed by atoms with Crippen molar-refractivity contribution < 1.29 is 13.9 Å². The normalized spacial score (nSPS) is 15.4. The maximum absolute atomic E-state index is 13.7. The van der Waals surface area contributed by atoms with E-state index < -0.39 is 11.9 Å². The van der Waals surface area contributed by atoms with E-state index >= 15 is 0 Å². The van der Waals surface area contributed by atoms with Gasteiger partial charge < -0.3 is 15.0 Å². The van der Waals surface area contributed by atoms with E-state index in [4.69, 9.17) is 28.6 Å². The molecule has 5 rings (SSSR count). The third kappa shape index (κ3) is 5.35. The number of thioether (sulfide) groups is 1. The summed E-state index contributed by atoms with van der Waals surface area (Å²) >= 11 is 14.6. The fourth-order valence-electron chi connectivity index (χ4n) is 4.21. The molecule has 1 aliphatic rings. The zero-order valence-corrected chi connectivity index (χ0v) is 23.8. The third-order valence-electron chi connectivity index (χ3n) is 5.94. The second kappa shape index (κ2) is 11.5. The molecule has 1 unspecified atom stereocenters. The van der Waals surface area contributed by atoms with Gasteiger partial charge in [0.1, 0.15) is 29.8 Å². The Labute approximate surface area is 237 Å². The summed E-state index contributed by atoms with van der Waals surface area (Å²) in [4.78, 5) is 24.2. The molecule has 0 saturated carbocycles. The number of hydrogen-bond donors (Lipinski definition) is 1. The predicted molar refractivity (Wildman–Crippen MR) is 153 cm³/mol. The fraction of sp³-hybridized carbons (Fsp3) is 0.320. The van der Waals surface area contributed by atoms with Crippen molar-refractivity contribution in [3.05, 3.63) is 51.5 Å². The van der Waals surface area contributed by atoms with Crippen LogP contribution in [0.15, 0.2) is 41.0 Å². The topological polar surface area (TPSA) is 85.2 Å². The quantitative estimate of drug-likeness (QED) is 0.164. The smallest absolute Gasteiger partial charge is 0.252 e. The van der Waals surface area contributed by atoms with Gasteiger partial charge in [0.25, 0.3) is 5.91 Å². The molecule has 3 heterocycles. The Hall–Kier alpha value is -2.80. The second-order valence-electron chi connectivity index (χ2n) is 8.47. The van der Waals surface area contributed by atoms with Gasteiger partial charge in [0, 0.05) is 29.4 Å². The van der Waals surface area contributed by atoms with Gasteiger partial charge in [0.15, 0.2) is 8.29 Å². The lowest BCUT2D eigenvalue weighted by molar-refractivity contribution is -0.120. The molecule has 2 aromatic heterocycles. The first-order valence-corrected chi connectivity index (χ1v) is 14.7. The van der Waals surface area contributed by atoms with E-state index in [0.29, 0.717) is 57.4 Å². The first kappa shape index (κ1) is 26.8. The third-order valence-corrected chi connectivity index (χ3v) is 8.83. The van der Waals surface area contributed by atoms with Crippen molar-refractivity contribution >= 4 is 80.9 Å². The van der Waals surface area contributed by atoms with Gasteiger partial charge in [-0.3, -0.25) is 4.79 Å². The molecule has 38 heavy (non-hydrogen) atoms. The van der Waals surface area contributed by atoms with Crippen LogP contribution in [-0.4, -0.2) is 44.6 Å². The van der Waals surface area contributed by atoms with Crippen LogP contribution in [0.2, 0.25) is 5.02 Å². The summed E-state index contributed by atoms with van der Waals surface area (Å²) < 4.78 is 22.7. The van der Waals surface area contributed by atoms with E-state index in [1.165, 1.54) is 29.8 Å². The predicted octanol–water partition coefficient (Wildman–Crippen LogP) is 7.03. The average molecular weight is 591 g/mol. The Morgan fingerprint density at radius 2 is 2.13 bits per heavy atom. The van der Waals surface area contributed by atoms with Crippen molar-refractivity contribution in [2.24, 2.45) is 0 Å². The molecule has 1 fully saturated rings. The molecule has 1 aliphatic heterocycles. The van der Waals surface area contributed by atoms with Gasteiger partial charge in [-0.05, 0) is 56.2 Å². The molecule has 198 valence electrons. The summed E-state index contributed by atoms with van der Waals surface area (Å²) in [5.74, 6) is 1.38. The summed E-state index contributed by atoms with van der Waals surface area (Å²) in [6.07, 6.45) is 3.03. The number of ether oxygens (including phenoxy) is 1. The number of carbonyl (C=O) groups excluding carboxylic acids is 1. The molecule has 1 saturated heterocycles. The lowest BCUT2D eigenvalue weighted by Gasteiger charge is -2.21. The van der Waals surface area contributed by atoms with Gasteiger partial charge in [-0.2, -0.15) is 5.10 Å². The summed E-state index contributed by atoms with van der Waals surface area (Å²) in [7, 11) is 0. The number of aromatic nitrogens is 4. The Morgan fingerprint density at radius 3 is 2.89 bits per heavy atom. The van der Waals surface area contributed by atoms with Crippen molar-refractivity contribution in [2.45, 2.75) is 37.1 Å². The molecule has 2 aromatic carbocycles. The first-order chi connectivity index (χ1) is 18.4. The van der Waals surface area contributed by atoms with Gasteiger partial charge in [-0.15, -0.1) is 0 Å². The van der Waals surface area contributed by atoms with E-state index in [1.807, 2.05) is 13.0 Å². The number of nitrogens with one attached hydrogen (secondary N) is 1. The number of carbonyl (C=O) groups is 1. The molecule has 1 atom stereocenters. The highest BCUT2D eigenvalue weighted by Gasteiger charge is 2.37. The van der Waals surface area contributed by atoms with Crippen LogP contribution in [-0.2, 0) is 4.79 Å². The maximum Gasteiger partial charge on any atom is 0.252 e. The Bertz CT molecular complexity index is 1560. The maximum atomic E-state index is 13.7. The van der Waals surface area contributed by atoms with Gasteiger partial charge in [-0.25, -0.2) is 19.0 Å². The van der Waals surface area contributed by atoms with Crippen molar-refractivity contribution in [3.63, 3.8) is 0 Å². The van der Waals surface area contributed by atoms with E-state index in [9.17, 15) is 9.18 Å². The molecule has 13 heteroatoms. The molecule has 4 aromatic rings. The Morgan fingerprint density at radius 1 is 1.29 bits per heavy atom. The highest BCUT2D eigenvalue weighted by molar-refractivity contribution is 8.01. The van der Waals surface area contributed by atoms with Crippen LogP contribution in [0.25, 0.3) is 10.9 Å². The van der Waals surface area contributed by atoms with Gasteiger partial charge in [-0.1, -0.05) is 41.6 Å². The largest absolute Gasteiger partial charge is 0.492 e. The van der Waals surface area contributed by atoms with Gasteiger partial charge in [0.2, 0.25) is 0 Å². The number of nitrogens with zero attached hydrogens (tertiary/aromatic N) is 5. The van der Waals surface area contributed by atoms with Crippen LogP contribution in [0.3, 0.4) is 0 Å². The van der Waals surface area contributed by atoms with Crippen LogP contribution in [0.5, 0.6) is 5.75 Å². The Balaban J connectivity index is 1.51. The van der Waals surface area contributed by atoms with Crippen LogP contribution < -0.4 is 15.0 Å². The number of halogens is 2. The van der Waals surface area contributed by atoms with Crippen molar-refractivity contribution in [2.75, 3.05) is 29.1 Å². The minimum absolute atomic E-state index is 0.00158. The Kier molecular flexibility index (Phi) is 8.12. The molecular formula is C25H24ClFN6O2S3. The fourth-order valence-corrected chi connectivity index (χ4v) is 6.74. The van der Waals surface area contributed by atoms with Crippen LogP contribution in [0.4, 0.5) is 21.6 Å². The molecule has 0 bridgehead atoms. The number of anilines is 3. The number of rotatable bonds is 9. The lowest BCUT2D eigenvalue weighted by Crippen LogP contribution is -2.29. The van der Waals surface area contributed by atoms with E-state index in [0.717, 1.165) is 16.5 Å². The molecule has 8 nitrogen and oxygen atoms in total. The lowest BCUT2D eigenvalue weighted by atomic mass is 10.1. The standard InChI is InChI=1S/C25H24ClFN6O2S3/c1-3-9-37-24-31-33(25(36)38-24)19-7-8-32(23(19)34)20-11-15-18(12-21(20)35-4-2)28-13-29-22(15)30-14-5-6-17(27)16(26)10-14/h5-6,10-13,19H,3-4,7-9H2,1-2H3,(H,28,29,30). The number of hydrogen-bond acceptors (Lipinski definition) is 9. The first-order valence-electron chi connectivity index (χ1n) is 12.1. The molecule has 1 amide bonds. The summed E-state index contributed by atoms with van der Waals surface area (Å²) in [6.45, 7) is 4.90. The van der Waals surface area contributed by atoms with Crippen molar-refractivity contribution in [3.8, 4) is 5.75 Å². The van der Waals surface area contributed by atoms with E-state index in [2.05, 4.69) is 27.3 Å². The van der Waals surface area contributed by atoms with Crippen molar-refractivity contribution in [1.29, 1.82) is 0 Å². The number of benzene rings is 2. The highest BCUT2D eigenvalue weighted by Crippen LogP contribution is 2.40. The van der Waals surface area contributed by atoms with Gasteiger partial charge >= 0.3 is 0 Å². The van der Waals surface area contributed by atoms with Crippen molar-refractivity contribution in [1.82, 2.24) is 19.7 Å². The molecule has 0 radical (unpaired) electrons. The van der Waals surface area contributed by atoms with E-state index in [1.54, 1.807) is 33.5 Å². The number of amides is 1. The second-order valence-corrected chi connectivity index (χ2v) is 11.8. The average Bonchev–Trinajstić information content (AvgIpc) is 3.46. The highest BCUT2D eigenvalue weighted by atomic mass is 35.5. The molecular weight excluding hydrogens is 567 g/mol. The summed E-state index contributed by atoms with van der Waals surface area (Å²) in [6, 6.07) is 7.50. The van der Waals surface area contributed by atoms with E-state index in [-0.39, 0.29) is 10.9 Å².